The molecule has 4 aliphatic carbocycles. The zero-order valence-electron chi connectivity index (χ0n) is 18.9. The van der Waals surface area contributed by atoms with Gasteiger partial charge in [0.1, 0.15) is 11.3 Å². The molecule has 1 unspecified atom stereocenters. The number of hydrogen-bond donors (Lipinski definition) is 1. The highest BCUT2D eigenvalue weighted by Gasteiger charge is 2.61. The highest BCUT2D eigenvalue weighted by Crippen LogP contribution is 2.67. The second kappa shape index (κ2) is 7.35. The lowest BCUT2D eigenvalue weighted by Gasteiger charge is -2.61. The largest absolute Gasteiger partial charge is 0.381 e. The molecule has 4 saturated carbocycles. The first kappa shape index (κ1) is 20.5. The average molecular weight is 408 g/mol. The van der Waals surface area contributed by atoms with Gasteiger partial charge in [0.15, 0.2) is 0 Å². The standard InChI is InChI=1S/C27H37NO2/c1-25-15-16-27(29,14-11-20-6-4-5-17-28-20)18-19(25)7-8-21-22-9-10-24(30-3)26(22,2)13-12-23(21)25/h4-6,17,19,21-24,29H,7-10,12-13,15-16,18H2,1-3H3/t19-,21+,22+,23+,24?,25+,26+,27-/m1/s1. The first-order valence-corrected chi connectivity index (χ1v) is 12.1. The number of aliphatic hydroxyl groups is 1. The fourth-order valence-corrected chi connectivity index (χ4v) is 8.32. The highest BCUT2D eigenvalue weighted by molar-refractivity contribution is 5.31. The third-order valence-corrected chi connectivity index (χ3v) is 10.0. The summed E-state index contributed by atoms with van der Waals surface area (Å²) in [6, 6.07) is 5.77. The molecule has 1 aromatic rings. The average Bonchev–Trinajstić information content (AvgIpc) is 3.10. The van der Waals surface area contributed by atoms with Crippen LogP contribution in [0, 0.1) is 46.3 Å². The molecule has 3 heteroatoms. The number of ether oxygens (including phenoxy) is 1. The Balaban J connectivity index is 1.35. The van der Waals surface area contributed by atoms with Gasteiger partial charge in [0.05, 0.1) is 6.10 Å². The maximum Gasteiger partial charge on any atom is 0.126 e. The van der Waals surface area contributed by atoms with Crippen molar-refractivity contribution in [3.63, 3.8) is 0 Å². The summed E-state index contributed by atoms with van der Waals surface area (Å²) < 4.78 is 5.93. The van der Waals surface area contributed by atoms with Gasteiger partial charge in [-0.05, 0) is 110 Å². The van der Waals surface area contributed by atoms with Gasteiger partial charge >= 0.3 is 0 Å². The molecular weight excluding hydrogens is 370 g/mol. The number of pyridine rings is 1. The SMILES string of the molecule is COC1CC[C@H]2[C@@H]3CC[C@@H]4C[C@@](O)(C#Cc5ccccn5)CC[C@]4(C)[C@H]3CC[C@]12C. The van der Waals surface area contributed by atoms with Crippen molar-refractivity contribution in [3.05, 3.63) is 30.1 Å². The molecule has 0 amide bonds. The molecule has 0 bridgehead atoms. The molecule has 0 spiro atoms. The number of aromatic nitrogens is 1. The van der Waals surface area contributed by atoms with Gasteiger partial charge in [-0.15, -0.1) is 0 Å². The van der Waals surface area contributed by atoms with Crippen molar-refractivity contribution >= 4 is 0 Å². The van der Waals surface area contributed by atoms with E-state index in [1.165, 1.54) is 38.5 Å². The van der Waals surface area contributed by atoms with Crippen LogP contribution in [-0.2, 0) is 4.74 Å². The lowest BCUT2D eigenvalue weighted by atomic mass is 9.44. The zero-order chi connectivity index (χ0) is 21.0. The van der Waals surface area contributed by atoms with Crippen molar-refractivity contribution in [3.8, 4) is 11.8 Å². The highest BCUT2D eigenvalue weighted by atomic mass is 16.5. The van der Waals surface area contributed by atoms with Crippen LogP contribution in [0.3, 0.4) is 0 Å². The molecular formula is C27H37NO2. The van der Waals surface area contributed by atoms with Crippen LogP contribution in [0.4, 0.5) is 0 Å². The van der Waals surface area contributed by atoms with E-state index in [1.54, 1.807) is 6.20 Å². The summed E-state index contributed by atoms with van der Waals surface area (Å²) in [5.41, 5.74) is 0.631. The van der Waals surface area contributed by atoms with Crippen LogP contribution >= 0.6 is 0 Å². The van der Waals surface area contributed by atoms with Gasteiger partial charge in [-0.2, -0.15) is 0 Å². The molecule has 162 valence electrons. The maximum atomic E-state index is 11.3. The van der Waals surface area contributed by atoms with Crippen molar-refractivity contribution in [1.82, 2.24) is 4.98 Å². The van der Waals surface area contributed by atoms with E-state index in [1.807, 2.05) is 25.3 Å². The molecule has 1 aromatic heterocycles. The summed E-state index contributed by atoms with van der Waals surface area (Å²) in [4.78, 5) is 4.30. The predicted octanol–water partition coefficient (Wildman–Crippen LogP) is 5.22. The second-order valence-electron chi connectivity index (χ2n) is 11.2. The Morgan fingerprint density at radius 1 is 1.00 bits per heavy atom. The van der Waals surface area contributed by atoms with Gasteiger partial charge < -0.3 is 9.84 Å². The van der Waals surface area contributed by atoms with Crippen LogP contribution in [0.15, 0.2) is 24.4 Å². The molecule has 1 heterocycles. The molecule has 4 fully saturated rings. The number of nitrogens with zero attached hydrogens (tertiary/aromatic N) is 1. The Labute approximate surface area is 182 Å². The van der Waals surface area contributed by atoms with E-state index < -0.39 is 5.60 Å². The van der Waals surface area contributed by atoms with Crippen LogP contribution in [0.2, 0.25) is 0 Å². The minimum atomic E-state index is -0.855. The third-order valence-electron chi connectivity index (χ3n) is 10.0. The Kier molecular flexibility index (Phi) is 5.03. The van der Waals surface area contributed by atoms with Gasteiger partial charge in [0, 0.05) is 13.3 Å². The van der Waals surface area contributed by atoms with Crippen molar-refractivity contribution in [1.29, 1.82) is 0 Å². The molecule has 5 rings (SSSR count). The minimum absolute atomic E-state index is 0.355. The van der Waals surface area contributed by atoms with Crippen molar-refractivity contribution in [2.24, 2.45) is 34.5 Å². The second-order valence-corrected chi connectivity index (χ2v) is 11.2. The van der Waals surface area contributed by atoms with Crippen molar-refractivity contribution in [2.75, 3.05) is 7.11 Å². The van der Waals surface area contributed by atoms with Gasteiger partial charge in [-0.1, -0.05) is 25.8 Å². The Morgan fingerprint density at radius 3 is 2.60 bits per heavy atom. The third kappa shape index (κ3) is 3.14. The van der Waals surface area contributed by atoms with Gasteiger partial charge in [-0.3, -0.25) is 0 Å². The van der Waals surface area contributed by atoms with Gasteiger partial charge in [0.25, 0.3) is 0 Å². The first-order valence-electron chi connectivity index (χ1n) is 12.1. The quantitative estimate of drug-likeness (QED) is 0.649. The molecule has 0 saturated heterocycles. The normalized spacial score (nSPS) is 47.4. The smallest absolute Gasteiger partial charge is 0.126 e. The number of rotatable bonds is 1. The lowest BCUT2D eigenvalue weighted by molar-refractivity contribution is -0.146. The van der Waals surface area contributed by atoms with E-state index >= 15 is 0 Å². The van der Waals surface area contributed by atoms with E-state index in [0.717, 1.165) is 42.7 Å². The minimum Gasteiger partial charge on any atom is -0.381 e. The van der Waals surface area contributed by atoms with Crippen LogP contribution < -0.4 is 0 Å². The molecule has 0 aromatic carbocycles. The summed E-state index contributed by atoms with van der Waals surface area (Å²) in [5, 5.41) is 11.3. The van der Waals surface area contributed by atoms with Crippen LogP contribution in [0.5, 0.6) is 0 Å². The molecule has 1 N–H and O–H groups in total. The lowest BCUT2D eigenvalue weighted by Crippen LogP contribution is -2.56. The molecule has 30 heavy (non-hydrogen) atoms. The zero-order valence-corrected chi connectivity index (χ0v) is 18.9. The van der Waals surface area contributed by atoms with Gasteiger partial charge in [0.2, 0.25) is 0 Å². The Morgan fingerprint density at radius 2 is 1.83 bits per heavy atom. The molecule has 8 atom stereocenters. The summed E-state index contributed by atoms with van der Waals surface area (Å²) in [7, 11) is 1.91. The van der Waals surface area contributed by atoms with E-state index in [9.17, 15) is 5.11 Å². The fourth-order valence-electron chi connectivity index (χ4n) is 8.32. The van der Waals surface area contributed by atoms with Crippen LogP contribution in [0.25, 0.3) is 0 Å². The predicted molar refractivity (Wildman–Crippen MR) is 119 cm³/mol. The topological polar surface area (TPSA) is 42.4 Å². The summed E-state index contributed by atoms with van der Waals surface area (Å²) in [5.74, 6) is 9.41. The van der Waals surface area contributed by atoms with E-state index in [2.05, 4.69) is 30.7 Å². The molecule has 3 nitrogen and oxygen atoms in total. The van der Waals surface area contributed by atoms with Crippen molar-refractivity contribution < 1.29 is 9.84 Å². The Bertz CT molecular complexity index is 843. The van der Waals surface area contributed by atoms with Crippen LogP contribution in [0.1, 0.15) is 77.3 Å². The Hall–Kier alpha value is -1.37. The molecule has 0 radical (unpaired) electrons. The number of hydrogen-bond acceptors (Lipinski definition) is 3. The number of methoxy groups -OCH3 is 1. The van der Waals surface area contributed by atoms with E-state index in [4.69, 9.17) is 4.74 Å². The van der Waals surface area contributed by atoms with Crippen molar-refractivity contribution in [2.45, 2.75) is 83.3 Å². The summed E-state index contributed by atoms with van der Waals surface area (Å²) >= 11 is 0. The fraction of sp³-hybridized carbons (Fsp3) is 0.741. The summed E-state index contributed by atoms with van der Waals surface area (Å²) in [6.07, 6.45) is 12.7. The number of fused-ring (bicyclic) bond motifs is 5. The molecule has 4 aliphatic rings. The molecule has 0 aliphatic heterocycles. The van der Waals surface area contributed by atoms with Crippen LogP contribution in [-0.4, -0.2) is 28.9 Å². The van der Waals surface area contributed by atoms with E-state index in [0.29, 0.717) is 22.9 Å². The van der Waals surface area contributed by atoms with Gasteiger partial charge in [-0.25, -0.2) is 4.98 Å². The maximum absolute atomic E-state index is 11.3. The van der Waals surface area contributed by atoms with E-state index in [-0.39, 0.29) is 0 Å². The monoisotopic (exact) mass is 407 g/mol. The summed E-state index contributed by atoms with van der Waals surface area (Å²) in [6.45, 7) is 5.06. The first-order chi connectivity index (χ1) is 14.4.